The van der Waals surface area contributed by atoms with Gasteiger partial charge in [-0.1, -0.05) is 12.1 Å². The Morgan fingerprint density at radius 2 is 1.86 bits per heavy atom. The number of urea groups is 1. The molecule has 2 aromatic carbocycles. The van der Waals surface area contributed by atoms with E-state index in [0.29, 0.717) is 23.7 Å². The molecule has 8 heteroatoms. The predicted octanol–water partition coefficient (Wildman–Crippen LogP) is 2.45. The molecule has 148 valence electrons. The van der Waals surface area contributed by atoms with Crippen molar-refractivity contribution in [3.63, 3.8) is 0 Å². The van der Waals surface area contributed by atoms with Gasteiger partial charge in [-0.05, 0) is 29.8 Å². The molecule has 2 aromatic rings. The fraction of sp³-hybridized carbons (Fsp3) is 0.300. The molecule has 1 fully saturated rings. The highest BCUT2D eigenvalue weighted by Crippen LogP contribution is 2.33. The Labute approximate surface area is 162 Å². The third-order valence-electron chi connectivity index (χ3n) is 4.51. The maximum absolute atomic E-state index is 12.9. The minimum atomic E-state index is -0.378. The molecule has 0 unspecified atom stereocenters. The number of nitrogens with one attached hydrogen (secondary N) is 2. The number of hydrogen-bond donors (Lipinski definition) is 2. The third-order valence-corrected chi connectivity index (χ3v) is 4.51. The van der Waals surface area contributed by atoms with E-state index in [1.54, 1.807) is 42.3 Å². The fourth-order valence-corrected chi connectivity index (χ4v) is 3.07. The van der Waals surface area contributed by atoms with Gasteiger partial charge >= 0.3 is 6.03 Å². The molecule has 0 saturated carbocycles. The number of methoxy groups -OCH3 is 2. The van der Waals surface area contributed by atoms with Crippen molar-refractivity contribution in [1.29, 1.82) is 0 Å². The average molecular weight is 387 g/mol. The van der Waals surface area contributed by atoms with Crippen LogP contribution >= 0.6 is 0 Å². The van der Waals surface area contributed by atoms with Crippen molar-refractivity contribution in [1.82, 2.24) is 10.6 Å². The van der Waals surface area contributed by atoms with Crippen molar-refractivity contribution in [2.45, 2.75) is 19.0 Å². The highest BCUT2D eigenvalue weighted by molar-refractivity contribution is 5.97. The molecule has 1 aliphatic rings. The summed E-state index contributed by atoms with van der Waals surface area (Å²) in [5.74, 6) is 0.693. The molecule has 3 amide bonds. The largest absolute Gasteiger partial charge is 0.493 e. The lowest BCUT2D eigenvalue weighted by atomic mass is 10.2. The van der Waals surface area contributed by atoms with Gasteiger partial charge in [0.05, 0.1) is 20.3 Å². The van der Waals surface area contributed by atoms with Crippen LogP contribution in [0.2, 0.25) is 0 Å². The van der Waals surface area contributed by atoms with Crippen LogP contribution in [0.15, 0.2) is 42.5 Å². The quantitative estimate of drug-likeness (QED) is 0.798. The summed E-state index contributed by atoms with van der Waals surface area (Å²) in [7, 11) is 3.08. The van der Waals surface area contributed by atoms with Crippen molar-refractivity contribution in [3.05, 3.63) is 53.8 Å². The molecule has 3 rings (SSSR count). The first-order valence-corrected chi connectivity index (χ1v) is 8.81. The third kappa shape index (κ3) is 4.51. The summed E-state index contributed by atoms with van der Waals surface area (Å²) in [5, 5.41) is 5.51. The van der Waals surface area contributed by atoms with E-state index in [2.05, 4.69) is 10.6 Å². The van der Waals surface area contributed by atoms with Gasteiger partial charge in [0.15, 0.2) is 11.5 Å². The molecule has 28 heavy (non-hydrogen) atoms. The van der Waals surface area contributed by atoms with Crippen LogP contribution < -0.4 is 25.0 Å². The van der Waals surface area contributed by atoms with Crippen molar-refractivity contribution in [3.8, 4) is 11.5 Å². The molecular formula is C20H22FN3O4. The van der Waals surface area contributed by atoms with Crippen molar-refractivity contribution in [2.24, 2.45) is 0 Å². The number of halogens is 1. The normalized spacial score (nSPS) is 16.0. The number of ether oxygens (including phenoxy) is 2. The van der Waals surface area contributed by atoms with E-state index in [9.17, 15) is 14.0 Å². The summed E-state index contributed by atoms with van der Waals surface area (Å²) in [4.78, 5) is 26.1. The van der Waals surface area contributed by atoms with Crippen LogP contribution in [0, 0.1) is 5.82 Å². The number of carbonyl (C=O) groups is 2. The molecule has 2 N–H and O–H groups in total. The molecular weight excluding hydrogens is 365 g/mol. The zero-order chi connectivity index (χ0) is 20.1. The SMILES string of the molecule is COc1ccc(N2C[C@H](NC(=O)NCc3ccc(F)cc3)CC2=O)cc1OC. The summed E-state index contributed by atoms with van der Waals surface area (Å²) in [5.41, 5.74) is 1.46. The lowest BCUT2D eigenvalue weighted by Crippen LogP contribution is -2.43. The van der Waals surface area contributed by atoms with Gasteiger partial charge in [0, 0.05) is 31.3 Å². The maximum Gasteiger partial charge on any atom is 0.315 e. The summed E-state index contributed by atoms with van der Waals surface area (Å²) < 4.78 is 23.4. The number of rotatable bonds is 6. The second kappa shape index (κ2) is 8.60. The zero-order valence-electron chi connectivity index (χ0n) is 15.7. The van der Waals surface area contributed by atoms with Crippen LogP contribution in [0.1, 0.15) is 12.0 Å². The van der Waals surface area contributed by atoms with Crippen LogP contribution in [0.25, 0.3) is 0 Å². The zero-order valence-corrected chi connectivity index (χ0v) is 15.7. The lowest BCUT2D eigenvalue weighted by Gasteiger charge is -2.19. The minimum absolute atomic E-state index is 0.0870. The first-order chi connectivity index (χ1) is 13.5. The number of benzene rings is 2. The molecule has 0 bridgehead atoms. The van der Waals surface area contributed by atoms with E-state index < -0.39 is 0 Å². The first-order valence-electron chi connectivity index (χ1n) is 8.81. The second-order valence-corrected chi connectivity index (χ2v) is 6.40. The first kappa shape index (κ1) is 19.5. The Hall–Kier alpha value is -3.29. The Morgan fingerprint density at radius 1 is 1.14 bits per heavy atom. The topological polar surface area (TPSA) is 79.9 Å². The molecule has 0 aromatic heterocycles. The van der Waals surface area contributed by atoms with E-state index in [1.807, 2.05) is 0 Å². The minimum Gasteiger partial charge on any atom is -0.493 e. The Balaban J connectivity index is 1.56. The molecule has 0 aliphatic carbocycles. The molecule has 0 spiro atoms. The van der Waals surface area contributed by atoms with Gasteiger partial charge < -0.3 is 25.0 Å². The van der Waals surface area contributed by atoms with E-state index >= 15 is 0 Å². The van der Waals surface area contributed by atoms with Crippen LogP contribution in [-0.4, -0.2) is 38.7 Å². The van der Waals surface area contributed by atoms with E-state index in [0.717, 1.165) is 5.56 Å². The van der Waals surface area contributed by atoms with Crippen LogP contribution in [0.5, 0.6) is 11.5 Å². The Bertz CT molecular complexity index is 857. The van der Waals surface area contributed by atoms with Crippen molar-refractivity contribution in [2.75, 3.05) is 25.7 Å². The fourth-order valence-electron chi connectivity index (χ4n) is 3.07. The number of nitrogens with zero attached hydrogens (tertiary/aromatic N) is 1. The molecule has 1 saturated heterocycles. The Kier molecular flexibility index (Phi) is 5.98. The van der Waals surface area contributed by atoms with Gasteiger partial charge in [0.1, 0.15) is 5.82 Å². The molecule has 1 aliphatic heterocycles. The van der Waals surface area contributed by atoms with Crippen molar-refractivity contribution >= 4 is 17.6 Å². The summed E-state index contributed by atoms with van der Waals surface area (Å²) in [6.45, 7) is 0.629. The molecule has 1 atom stereocenters. The number of carbonyl (C=O) groups excluding carboxylic acids is 2. The van der Waals surface area contributed by atoms with Crippen LogP contribution in [-0.2, 0) is 11.3 Å². The maximum atomic E-state index is 12.9. The van der Waals surface area contributed by atoms with Crippen LogP contribution in [0.3, 0.4) is 0 Å². The number of hydrogen-bond acceptors (Lipinski definition) is 4. The van der Waals surface area contributed by atoms with Gasteiger partial charge in [-0.2, -0.15) is 0 Å². The summed E-state index contributed by atoms with van der Waals surface area (Å²) in [6, 6.07) is 10.4. The van der Waals surface area contributed by atoms with E-state index in [1.165, 1.54) is 19.2 Å². The predicted molar refractivity (Wildman–Crippen MR) is 102 cm³/mol. The van der Waals surface area contributed by atoms with Crippen molar-refractivity contribution < 1.29 is 23.5 Å². The van der Waals surface area contributed by atoms with Gasteiger partial charge in [0.25, 0.3) is 0 Å². The monoisotopic (exact) mass is 387 g/mol. The molecule has 1 heterocycles. The summed E-state index contributed by atoms with van der Waals surface area (Å²) in [6.07, 6.45) is 0.207. The number of anilines is 1. The van der Waals surface area contributed by atoms with Gasteiger partial charge in [0.2, 0.25) is 5.91 Å². The van der Waals surface area contributed by atoms with E-state index in [4.69, 9.17) is 9.47 Å². The Morgan fingerprint density at radius 3 is 2.54 bits per heavy atom. The average Bonchev–Trinajstić information content (AvgIpc) is 3.06. The molecule has 7 nitrogen and oxygen atoms in total. The molecule has 0 radical (unpaired) electrons. The smallest absolute Gasteiger partial charge is 0.315 e. The number of amides is 3. The highest BCUT2D eigenvalue weighted by Gasteiger charge is 2.32. The second-order valence-electron chi connectivity index (χ2n) is 6.40. The standard InChI is InChI=1S/C20H22FN3O4/c1-27-17-8-7-16(10-18(17)28-2)24-12-15(9-19(24)25)23-20(26)22-11-13-3-5-14(21)6-4-13/h3-8,10,15H,9,11-12H2,1-2H3,(H2,22,23,26)/t15-/m1/s1. The highest BCUT2D eigenvalue weighted by atomic mass is 19.1. The van der Waals surface area contributed by atoms with Gasteiger partial charge in [-0.25, -0.2) is 9.18 Å². The summed E-state index contributed by atoms with van der Waals surface area (Å²) >= 11 is 0. The van der Waals surface area contributed by atoms with Gasteiger partial charge in [-0.3, -0.25) is 4.79 Å². The van der Waals surface area contributed by atoms with Crippen LogP contribution in [0.4, 0.5) is 14.9 Å². The lowest BCUT2D eigenvalue weighted by molar-refractivity contribution is -0.117. The van der Waals surface area contributed by atoms with E-state index in [-0.39, 0.29) is 36.8 Å². The van der Waals surface area contributed by atoms with Gasteiger partial charge in [-0.15, -0.1) is 0 Å².